The minimum Gasteiger partial charge on any atom is -0.342 e. The molecule has 0 aliphatic rings. The van der Waals surface area contributed by atoms with Crippen molar-refractivity contribution in [3.8, 4) is 22.3 Å². The third kappa shape index (κ3) is 3.17. The van der Waals surface area contributed by atoms with Crippen LogP contribution in [-0.4, -0.2) is 9.13 Å². The molecule has 0 aliphatic carbocycles. The molecule has 0 fully saturated rings. The maximum absolute atomic E-state index is 2.41. The molecule has 0 aliphatic heterocycles. The highest BCUT2D eigenvalue weighted by atomic mass is 15.0. The average molecular weight is 515 g/mol. The molecule has 0 unspecified atom stereocenters. The van der Waals surface area contributed by atoms with Gasteiger partial charge in [0, 0.05) is 46.7 Å². The fourth-order valence-corrected chi connectivity index (χ4v) is 6.74. The summed E-state index contributed by atoms with van der Waals surface area (Å²) in [4.78, 5) is 0. The molecule has 0 saturated carbocycles. The standard InChI is InChI=1S/C38H30N2/c1-23-9-13-25(14-10-23)27-17-19-31-33(21-27)39(3)37-35(31)29-7-5-6-8-30(29)36-32-20-18-28(22-34(32)40(4)38(36)37)26-15-11-24(2)12-16-26/h5-22H,1-4H3. The van der Waals surface area contributed by atoms with Gasteiger partial charge < -0.3 is 9.13 Å². The molecular formula is C38H30N2. The first kappa shape index (κ1) is 23.1. The summed E-state index contributed by atoms with van der Waals surface area (Å²) in [7, 11) is 4.46. The first-order chi connectivity index (χ1) is 19.5. The van der Waals surface area contributed by atoms with Crippen LogP contribution in [0.3, 0.4) is 0 Å². The van der Waals surface area contributed by atoms with Crippen LogP contribution in [0.5, 0.6) is 0 Å². The van der Waals surface area contributed by atoms with Crippen molar-refractivity contribution in [3.05, 3.63) is 120 Å². The molecule has 8 rings (SSSR count). The largest absolute Gasteiger partial charge is 0.342 e. The van der Waals surface area contributed by atoms with E-state index >= 15 is 0 Å². The molecule has 0 atom stereocenters. The first-order valence-corrected chi connectivity index (χ1v) is 14.0. The lowest BCUT2D eigenvalue weighted by Crippen LogP contribution is -1.93. The Morgan fingerprint density at radius 1 is 0.400 bits per heavy atom. The SMILES string of the molecule is Cc1ccc(-c2ccc3c4c5ccccc5c5c6ccc(-c7ccc(C)cc7)cc6n(C)c5c4n(C)c3c2)cc1. The van der Waals surface area contributed by atoms with Gasteiger partial charge in [-0.2, -0.15) is 0 Å². The molecule has 0 N–H and O–H groups in total. The minimum atomic E-state index is 1.25. The summed E-state index contributed by atoms with van der Waals surface area (Å²) < 4.78 is 4.83. The highest BCUT2D eigenvalue weighted by Crippen LogP contribution is 2.45. The Balaban J connectivity index is 1.50. The second kappa shape index (κ2) is 8.34. The minimum absolute atomic E-state index is 1.25. The van der Waals surface area contributed by atoms with Crippen molar-refractivity contribution < 1.29 is 0 Å². The highest BCUT2D eigenvalue weighted by Gasteiger charge is 2.21. The quantitative estimate of drug-likeness (QED) is 0.217. The molecule has 192 valence electrons. The van der Waals surface area contributed by atoms with Gasteiger partial charge in [0.05, 0.1) is 11.0 Å². The lowest BCUT2D eigenvalue weighted by molar-refractivity contribution is 0.987. The lowest BCUT2D eigenvalue weighted by atomic mass is 9.97. The van der Waals surface area contributed by atoms with Crippen LogP contribution in [0.2, 0.25) is 0 Å². The average Bonchev–Trinajstić information content (AvgIpc) is 3.44. The molecule has 0 radical (unpaired) electrons. The van der Waals surface area contributed by atoms with Gasteiger partial charge in [0.15, 0.2) is 0 Å². The number of aryl methyl sites for hydroxylation is 4. The van der Waals surface area contributed by atoms with Crippen molar-refractivity contribution in [2.75, 3.05) is 0 Å². The summed E-state index contributed by atoms with van der Waals surface area (Å²) in [6.45, 7) is 4.28. The van der Waals surface area contributed by atoms with Gasteiger partial charge in [-0.3, -0.25) is 0 Å². The van der Waals surface area contributed by atoms with Gasteiger partial charge in [0.1, 0.15) is 0 Å². The Kier molecular flexibility index (Phi) is 4.82. The molecular weight excluding hydrogens is 484 g/mol. The summed E-state index contributed by atoms with van der Waals surface area (Å²) >= 11 is 0. The van der Waals surface area contributed by atoms with Gasteiger partial charge in [-0.15, -0.1) is 0 Å². The summed E-state index contributed by atoms with van der Waals surface area (Å²) in [5, 5.41) is 7.90. The maximum atomic E-state index is 2.41. The molecule has 0 spiro atoms. The van der Waals surface area contributed by atoms with Crippen molar-refractivity contribution in [1.29, 1.82) is 0 Å². The molecule has 2 nitrogen and oxygen atoms in total. The Morgan fingerprint density at radius 3 is 1.18 bits per heavy atom. The summed E-state index contributed by atoms with van der Waals surface area (Å²) in [5.74, 6) is 0. The van der Waals surface area contributed by atoms with Crippen molar-refractivity contribution >= 4 is 54.4 Å². The van der Waals surface area contributed by atoms with E-state index in [0.717, 1.165) is 0 Å². The van der Waals surface area contributed by atoms with Gasteiger partial charge in [0.25, 0.3) is 0 Å². The van der Waals surface area contributed by atoms with E-state index in [1.54, 1.807) is 0 Å². The molecule has 8 aromatic rings. The van der Waals surface area contributed by atoms with E-state index in [4.69, 9.17) is 0 Å². The third-order valence-electron chi connectivity index (χ3n) is 8.86. The van der Waals surface area contributed by atoms with Crippen molar-refractivity contribution in [3.63, 3.8) is 0 Å². The molecule has 6 aromatic carbocycles. The van der Waals surface area contributed by atoms with Gasteiger partial charge in [-0.05, 0) is 59.0 Å². The van der Waals surface area contributed by atoms with Gasteiger partial charge in [-0.1, -0.05) is 108 Å². The van der Waals surface area contributed by atoms with Crippen LogP contribution in [0.1, 0.15) is 11.1 Å². The van der Waals surface area contributed by atoms with E-state index in [9.17, 15) is 0 Å². The van der Waals surface area contributed by atoms with E-state index < -0.39 is 0 Å². The predicted octanol–water partition coefficient (Wildman–Crippen LogP) is 10.1. The molecule has 2 heteroatoms. The van der Waals surface area contributed by atoms with E-state index in [0.29, 0.717) is 0 Å². The van der Waals surface area contributed by atoms with Gasteiger partial charge in [0.2, 0.25) is 0 Å². The van der Waals surface area contributed by atoms with Crippen LogP contribution in [-0.2, 0) is 14.1 Å². The second-order valence-corrected chi connectivity index (χ2v) is 11.3. The smallest absolute Gasteiger partial charge is 0.0742 e. The molecule has 0 amide bonds. The van der Waals surface area contributed by atoms with Crippen molar-refractivity contribution in [2.24, 2.45) is 14.1 Å². The predicted molar refractivity (Wildman–Crippen MR) is 172 cm³/mol. The monoisotopic (exact) mass is 514 g/mol. The summed E-state index contributed by atoms with van der Waals surface area (Å²) in [5.41, 5.74) is 12.7. The van der Waals surface area contributed by atoms with Crippen LogP contribution in [0.15, 0.2) is 109 Å². The first-order valence-electron chi connectivity index (χ1n) is 14.0. The molecule has 2 heterocycles. The Hall–Kier alpha value is -4.82. The van der Waals surface area contributed by atoms with E-state index in [1.807, 2.05) is 0 Å². The third-order valence-corrected chi connectivity index (χ3v) is 8.86. The van der Waals surface area contributed by atoms with Gasteiger partial charge in [-0.25, -0.2) is 0 Å². The number of benzene rings is 6. The Bertz CT molecular complexity index is 2110. The fourth-order valence-electron chi connectivity index (χ4n) is 6.74. The van der Waals surface area contributed by atoms with Crippen molar-refractivity contribution in [1.82, 2.24) is 9.13 Å². The number of aromatic nitrogens is 2. The maximum Gasteiger partial charge on any atom is 0.0742 e. The Labute approximate surface area is 233 Å². The zero-order chi connectivity index (χ0) is 27.1. The Morgan fingerprint density at radius 2 is 0.775 bits per heavy atom. The second-order valence-electron chi connectivity index (χ2n) is 11.3. The fraction of sp³-hybridized carbons (Fsp3) is 0.105. The zero-order valence-electron chi connectivity index (χ0n) is 23.3. The van der Waals surface area contributed by atoms with Crippen molar-refractivity contribution in [2.45, 2.75) is 13.8 Å². The lowest BCUT2D eigenvalue weighted by Gasteiger charge is -2.08. The topological polar surface area (TPSA) is 9.86 Å². The number of fused-ring (bicyclic) bond motifs is 10. The number of nitrogens with zero attached hydrogens (tertiary/aromatic N) is 2. The van der Waals surface area contributed by atoms with Crippen LogP contribution in [0.25, 0.3) is 76.6 Å². The highest BCUT2D eigenvalue weighted by molar-refractivity contribution is 6.36. The van der Waals surface area contributed by atoms with E-state index in [1.165, 1.54) is 87.8 Å². The normalized spacial score (nSPS) is 12.0. The van der Waals surface area contributed by atoms with Crippen LogP contribution in [0, 0.1) is 13.8 Å². The summed E-state index contributed by atoms with van der Waals surface area (Å²) in [6.07, 6.45) is 0. The molecule has 0 saturated heterocycles. The van der Waals surface area contributed by atoms with Crippen LogP contribution >= 0.6 is 0 Å². The molecule has 0 bridgehead atoms. The van der Waals surface area contributed by atoms with E-state index in [2.05, 4.69) is 146 Å². The van der Waals surface area contributed by atoms with Gasteiger partial charge >= 0.3 is 0 Å². The molecule has 2 aromatic heterocycles. The number of hydrogen-bond acceptors (Lipinski definition) is 0. The number of rotatable bonds is 2. The number of hydrogen-bond donors (Lipinski definition) is 0. The summed E-state index contributed by atoms with van der Waals surface area (Å²) in [6, 6.07) is 40.5. The van der Waals surface area contributed by atoms with Crippen LogP contribution < -0.4 is 0 Å². The van der Waals surface area contributed by atoms with E-state index in [-0.39, 0.29) is 0 Å². The zero-order valence-corrected chi connectivity index (χ0v) is 23.3. The van der Waals surface area contributed by atoms with Crippen LogP contribution in [0.4, 0.5) is 0 Å². The molecule has 40 heavy (non-hydrogen) atoms.